The molecule has 0 heterocycles. The van der Waals surface area contributed by atoms with Gasteiger partial charge in [0.2, 0.25) is 28.6 Å². The molecule has 0 unspecified atom stereocenters. The highest BCUT2D eigenvalue weighted by molar-refractivity contribution is 6.11. The largest absolute Gasteiger partial charge is 0.504 e. The molecule has 0 aliphatic heterocycles. The number of ketones is 1. The summed E-state index contributed by atoms with van der Waals surface area (Å²) in [6.07, 6.45) is 6.72. The Morgan fingerprint density at radius 3 is 1.41 bits per heavy atom. The summed E-state index contributed by atoms with van der Waals surface area (Å²) in [7, 11) is 18.3. The van der Waals surface area contributed by atoms with Crippen molar-refractivity contribution in [3.63, 3.8) is 0 Å². The van der Waals surface area contributed by atoms with Gasteiger partial charge in [-0.25, -0.2) is 0 Å². The van der Waals surface area contributed by atoms with E-state index in [1.165, 1.54) is 61.7 Å². The van der Waals surface area contributed by atoms with Crippen LogP contribution in [0.2, 0.25) is 0 Å². The Hall–Kier alpha value is -9.19. The van der Waals surface area contributed by atoms with Crippen molar-refractivity contribution in [2.75, 3.05) is 85.3 Å². The monoisotopic (exact) mass is 1070 g/mol. The second-order valence-corrected chi connectivity index (χ2v) is 17.0. The molecule has 0 bridgehead atoms. The molecule has 0 saturated heterocycles. The van der Waals surface area contributed by atoms with E-state index in [4.69, 9.17) is 56.8 Å². The molecule has 6 aromatic carbocycles. The number of allylic oxidation sites excluding steroid dienone is 1. The second-order valence-electron chi connectivity index (χ2n) is 17.0. The average Bonchev–Trinajstić information content (AvgIpc) is 3.76. The molecule has 0 spiro atoms. The number of phenols is 2. The number of carbonyl (C=O) groups is 2. The molecule has 18 heteroatoms. The Bertz CT molecular complexity index is 3170. The average molecular weight is 1070 g/mol. The third-order valence-electron chi connectivity index (χ3n) is 12.3. The van der Waals surface area contributed by atoms with Crippen molar-refractivity contribution in [3.8, 4) is 91.6 Å². The summed E-state index contributed by atoms with van der Waals surface area (Å²) in [6.45, 7) is 3.17. The summed E-state index contributed by atoms with van der Waals surface area (Å²) >= 11 is 0. The summed E-state index contributed by atoms with van der Waals surface area (Å²) in [6, 6.07) is 23.6. The number of Topliss-reactive ketones (excluding diaryl/α,β-unsaturated/α-hetero) is 1. The molecule has 1 amide bonds. The predicted octanol–water partition coefficient (Wildman–Crippen LogP) is 10.2. The highest BCUT2D eigenvalue weighted by Crippen LogP contribution is 2.50. The second kappa shape index (κ2) is 28.1. The number of nitrogens with one attached hydrogen (secondary N) is 1. The van der Waals surface area contributed by atoms with Crippen LogP contribution in [-0.4, -0.2) is 107 Å². The lowest BCUT2D eigenvalue weighted by Gasteiger charge is -2.19. The van der Waals surface area contributed by atoms with Crippen LogP contribution in [0.5, 0.6) is 80.5 Å². The van der Waals surface area contributed by atoms with Gasteiger partial charge in [0.1, 0.15) is 0 Å². The first-order chi connectivity index (χ1) is 37.5. The molecule has 78 heavy (non-hydrogen) atoms. The molecule has 0 radical (unpaired) electrons. The first kappa shape index (κ1) is 59.7. The van der Waals surface area contributed by atoms with Crippen molar-refractivity contribution < 1.29 is 76.6 Å². The number of methoxy groups -OCH3 is 12. The number of aryl methyl sites for hydroxylation is 1. The Balaban J connectivity index is 0.000000217. The maximum absolute atomic E-state index is 12.8. The van der Waals surface area contributed by atoms with E-state index in [0.29, 0.717) is 98.3 Å². The standard InChI is InChI=1S/C22H25NO6.C20H22O6.C18H20O5/c1-12(24)23-16-8-6-13-10-19(27-3)21(28-4)22(29-5)20(13)14-7-9-18(26-2)17(25)11-15(14)16;1-12(8-13-6-7-16(23-2)15(21)9-13)19(22)14-10-17(24-3)20(26-5)18(11-14)25-4;1-20-15-8-7-12(9-14(15)19)5-6-13-10-16(21-2)18(23-4)17(11-13)22-3/h7,9-11,16H,6,8H2,1-5H3,(H,23,24);6-11,21H,1-5H3;5-11,19H,1-4H3/b;12-8+;6-5-/t16-;;/m0../s1. The number of rotatable bonds is 18. The zero-order chi connectivity index (χ0) is 57.2. The van der Waals surface area contributed by atoms with Gasteiger partial charge in [0.25, 0.3) is 0 Å². The summed E-state index contributed by atoms with van der Waals surface area (Å²) in [5.41, 5.74) is 6.32. The molecule has 7 rings (SSSR count). The van der Waals surface area contributed by atoms with Crippen molar-refractivity contribution in [3.05, 3.63) is 134 Å². The van der Waals surface area contributed by atoms with Crippen molar-refractivity contribution in [1.82, 2.24) is 5.32 Å². The molecule has 1 aliphatic carbocycles. The van der Waals surface area contributed by atoms with Crippen LogP contribution in [0, 0.1) is 0 Å². The molecule has 0 aromatic heterocycles. The van der Waals surface area contributed by atoms with Gasteiger partial charge < -0.3 is 72.4 Å². The fraction of sp³-hybridized carbons (Fsp3) is 0.283. The van der Waals surface area contributed by atoms with Gasteiger partial charge in [0.15, 0.2) is 69.0 Å². The number of carbonyl (C=O) groups excluding carboxylic acids is 2. The lowest BCUT2D eigenvalue weighted by molar-refractivity contribution is -0.119. The molecular weight excluding hydrogens is 1010 g/mol. The SMILES string of the molecule is COc1cc2c(c(OC)c1OC)-c1ccc(OC)c(=O)cc1[C@@H](NC(C)=O)CC2.COc1ccc(/C=C(\C)C(=O)c2cc(OC)c(OC)c(OC)c2)cc1O.COc1ccc(/C=C\c2cc(OC)c(OC)c(OC)c2)cc1O. The third-order valence-corrected chi connectivity index (χ3v) is 12.3. The highest BCUT2D eigenvalue weighted by Gasteiger charge is 2.30. The van der Waals surface area contributed by atoms with E-state index in [1.807, 2.05) is 42.5 Å². The number of hydrogen-bond acceptors (Lipinski definition) is 17. The van der Waals surface area contributed by atoms with E-state index in [1.54, 1.807) is 98.1 Å². The summed E-state index contributed by atoms with van der Waals surface area (Å²) in [5, 5.41) is 22.6. The number of hydrogen-bond donors (Lipinski definition) is 3. The number of benzene rings is 5. The number of aromatic hydroxyl groups is 2. The molecule has 3 N–H and O–H groups in total. The molecule has 1 atom stereocenters. The number of fused-ring (bicyclic) bond motifs is 3. The number of phenolic OH excluding ortho intramolecular Hbond substituents is 2. The molecule has 6 aromatic rings. The lowest BCUT2D eigenvalue weighted by atomic mass is 9.95. The maximum Gasteiger partial charge on any atom is 0.220 e. The van der Waals surface area contributed by atoms with Crippen molar-refractivity contribution in [2.45, 2.75) is 32.7 Å². The number of amides is 1. The van der Waals surface area contributed by atoms with E-state index in [2.05, 4.69) is 5.32 Å². The Morgan fingerprint density at radius 2 is 0.936 bits per heavy atom. The highest BCUT2D eigenvalue weighted by atomic mass is 16.5. The zero-order valence-electron chi connectivity index (χ0n) is 46.3. The van der Waals surface area contributed by atoms with Crippen LogP contribution in [0.1, 0.15) is 64.5 Å². The van der Waals surface area contributed by atoms with Crippen LogP contribution in [0.3, 0.4) is 0 Å². The topological polar surface area (TPSA) is 214 Å². The minimum atomic E-state index is -0.332. The van der Waals surface area contributed by atoms with Crippen LogP contribution in [0.25, 0.3) is 29.4 Å². The van der Waals surface area contributed by atoms with Gasteiger partial charge in [-0.3, -0.25) is 14.4 Å². The van der Waals surface area contributed by atoms with Gasteiger partial charge in [-0.15, -0.1) is 0 Å². The molecule has 414 valence electrons. The van der Waals surface area contributed by atoms with Gasteiger partial charge in [-0.05, 0) is 132 Å². The van der Waals surface area contributed by atoms with E-state index in [-0.39, 0.29) is 40.4 Å². The first-order valence-corrected chi connectivity index (χ1v) is 24.1. The third kappa shape index (κ3) is 14.0. The Labute approximate surface area is 454 Å². The van der Waals surface area contributed by atoms with Gasteiger partial charge in [0.05, 0.1) is 91.4 Å². The Kier molecular flexibility index (Phi) is 21.5. The first-order valence-electron chi connectivity index (χ1n) is 24.1. The van der Waals surface area contributed by atoms with Crippen molar-refractivity contribution >= 4 is 29.9 Å². The van der Waals surface area contributed by atoms with Crippen LogP contribution < -0.4 is 67.6 Å². The van der Waals surface area contributed by atoms with E-state index in [9.17, 15) is 24.6 Å². The summed E-state index contributed by atoms with van der Waals surface area (Å²) < 4.78 is 63.8. The maximum atomic E-state index is 12.8. The fourth-order valence-corrected chi connectivity index (χ4v) is 8.61. The van der Waals surface area contributed by atoms with Gasteiger partial charge in [-0.2, -0.15) is 0 Å². The van der Waals surface area contributed by atoms with Crippen LogP contribution >= 0.6 is 0 Å². The Morgan fingerprint density at radius 1 is 0.487 bits per heavy atom. The molecule has 1 aliphatic rings. The quantitative estimate of drug-likeness (QED) is 0.0415. The predicted molar refractivity (Wildman–Crippen MR) is 298 cm³/mol. The normalized spacial score (nSPS) is 12.3. The van der Waals surface area contributed by atoms with Gasteiger partial charge >= 0.3 is 0 Å². The lowest BCUT2D eigenvalue weighted by Crippen LogP contribution is -2.26. The van der Waals surface area contributed by atoms with Crippen LogP contribution in [0.4, 0.5) is 0 Å². The molecule has 0 saturated carbocycles. The summed E-state index contributed by atoms with van der Waals surface area (Å²) in [5.74, 6) is 5.29. The van der Waals surface area contributed by atoms with E-state index >= 15 is 0 Å². The van der Waals surface area contributed by atoms with Gasteiger partial charge in [0, 0.05) is 18.1 Å². The zero-order valence-corrected chi connectivity index (χ0v) is 46.3. The fourth-order valence-electron chi connectivity index (χ4n) is 8.61. The molecule has 0 fully saturated rings. The molecular formula is C60H67NO17. The van der Waals surface area contributed by atoms with Crippen molar-refractivity contribution in [2.24, 2.45) is 0 Å². The minimum Gasteiger partial charge on any atom is -0.504 e. The van der Waals surface area contributed by atoms with Crippen molar-refractivity contribution in [1.29, 1.82) is 0 Å². The van der Waals surface area contributed by atoms with Crippen LogP contribution in [-0.2, 0) is 11.2 Å². The smallest absolute Gasteiger partial charge is 0.220 e. The van der Waals surface area contributed by atoms with E-state index < -0.39 is 0 Å². The van der Waals surface area contributed by atoms with E-state index in [0.717, 1.165) is 27.8 Å². The van der Waals surface area contributed by atoms with Gasteiger partial charge in [-0.1, -0.05) is 30.4 Å². The van der Waals surface area contributed by atoms with Crippen LogP contribution in [0.15, 0.2) is 95.3 Å². The minimum absolute atomic E-state index is 0.00860. The number of ether oxygens (including phenoxy) is 12. The summed E-state index contributed by atoms with van der Waals surface area (Å²) in [4.78, 5) is 37.3. The molecule has 18 nitrogen and oxygen atoms in total.